The first-order chi connectivity index (χ1) is 17.1. The van der Waals surface area contributed by atoms with E-state index in [2.05, 4.69) is 0 Å². The average Bonchev–Trinajstić information content (AvgIpc) is 2.90. The smallest absolute Gasteiger partial charge is 0.189 e. The zero-order chi connectivity index (χ0) is 24.5. The van der Waals surface area contributed by atoms with Crippen molar-refractivity contribution in [2.75, 3.05) is 7.11 Å². The number of aromatic hydroxyl groups is 1. The quantitative estimate of drug-likeness (QED) is 0.215. The van der Waals surface area contributed by atoms with E-state index in [1.165, 1.54) is 12.1 Å². The number of carbonyl (C=O) groups is 1. The van der Waals surface area contributed by atoms with Gasteiger partial charge in [0.1, 0.15) is 36.2 Å². The minimum absolute atomic E-state index is 0.137. The molecule has 35 heavy (non-hydrogen) atoms. The largest absolute Gasteiger partial charge is 0.507 e. The SMILES string of the molecule is COc1cc(OCc2ccccc2)ccc1C=CC(=O)c1ccc(OCc2ccccc2)cc1O. The summed E-state index contributed by atoms with van der Waals surface area (Å²) in [7, 11) is 1.56. The molecule has 0 saturated carbocycles. The Hall–Kier alpha value is -4.51. The Morgan fingerprint density at radius 2 is 1.34 bits per heavy atom. The maximum atomic E-state index is 12.7. The normalized spacial score (nSPS) is 10.8. The third kappa shape index (κ3) is 6.51. The highest BCUT2D eigenvalue weighted by Crippen LogP contribution is 2.28. The highest BCUT2D eigenvalue weighted by Gasteiger charge is 2.11. The van der Waals surface area contributed by atoms with E-state index >= 15 is 0 Å². The lowest BCUT2D eigenvalue weighted by molar-refractivity contribution is 0.104. The number of benzene rings is 4. The highest BCUT2D eigenvalue weighted by molar-refractivity contribution is 6.08. The molecule has 5 heteroatoms. The third-order valence-corrected chi connectivity index (χ3v) is 5.35. The van der Waals surface area contributed by atoms with Crippen molar-refractivity contribution in [1.82, 2.24) is 0 Å². The number of hydrogen-bond donors (Lipinski definition) is 1. The second-order valence-electron chi connectivity index (χ2n) is 7.83. The average molecular weight is 467 g/mol. The Bertz CT molecular complexity index is 1300. The highest BCUT2D eigenvalue weighted by atomic mass is 16.5. The van der Waals surface area contributed by atoms with Crippen molar-refractivity contribution in [3.63, 3.8) is 0 Å². The van der Waals surface area contributed by atoms with Gasteiger partial charge in [-0.15, -0.1) is 0 Å². The summed E-state index contributed by atoms with van der Waals surface area (Å²) in [6.45, 7) is 0.820. The molecule has 0 aliphatic carbocycles. The molecule has 0 heterocycles. The number of ketones is 1. The molecule has 0 aliphatic rings. The number of ether oxygens (including phenoxy) is 3. The lowest BCUT2D eigenvalue weighted by Crippen LogP contribution is -1.98. The molecule has 4 aromatic rings. The summed E-state index contributed by atoms with van der Waals surface area (Å²) in [6, 6.07) is 29.7. The molecule has 0 amide bonds. The van der Waals surface area contributed by atoms with E-state index in [0.717, 1.165) is 16.7 Å². The maximum Gasteiger partial charge on any atom is 0.189 e. The Morgan fingerprint density at radius 1 is 0.771 bits per heavy atom. The number of hydrogen-bond acceptors (Lipinski definition) is 5. The fourth-order valence-corrected chi connectivity index (χ4v) is 3.47. The summed E-state index contributed by atoms with van der Waals surface area (Å²) in [5, 5.41) is 10.4. The number of phenolic OH excluding ortho intramolecular Hbond substituents is 1. The first-order valence-electron chi connectivity index (χ1n) is 11.2. The van der Waals surface area contributed by atoms with Gasteiger partial charge in [-0.3, -0.25) is 4.79 Å². The van der Waals surface area contributed by atoms with Gasteiger partial charge in [0.15, 0.2) is 5.78 Å². The van der Waals surface area contributed by atoms with Crippen LogP contribution in [0.25, 0.3) is 6.08 Å². The second-order valence-corrected chi connectivity index (χ2v) is 7.83. The minimum atomic E-state index is -0.330. The van der Waals surface area contributed by atoms with Crippen LogP contribution < -0.4 is 14.2 Å². The number of allylic oxidation sites excluding steroid dienone is 1. The van der Waals surface area contributed by atoms with E-state index in [1.54, 1.807) is 31.4 Å². The monoisotopic (exact) mass is 466 g/mol. The topological polar surface area (TPSA) is 65.0 Å². The van der Waals surface area contributed by atoms with E-state index in [0.29, 0.717) is 30.5 Å². The van der Waals surface area contributed by atoms with Crippen LogP contribution in [-0.2, 0) is 13.2 Å². The first kappa shape index (κ1) is 23.6. The Morgan fingerprint density at radius 3 is 1.91 bits per heavy atom. The van der Waals surface area contributed by atoms with Crippen LogP contribution in [0.15, 0.2) is 103 Å². The predicted molar refractivity (Wildman–Crippen MR) is 136 cm³/mol. The molecule has 0 spiro atoms. The standard InChI is InChI=1S/C30H26O5/c1-33-30-19-26(35-21-23-10-6-3-7-11-23)14-12-24(30)13-17-28(31)27-16-15-25(18-29(27)32)34-20-22-8-4-2-5-9-22/h2-19,32H,20-21H2,1H3. The van der Waals surface area contributed by atoms with Gasteiger partial charge in [0.2, 0.25) is 0 Å². The Kier molecular flexibility index (Phi) is 7.81. The molecule has 0 bridgehead atoms. The van der Waals surface area contributed by atoms with Crippen LogP contribution >= 0.6 is 0 Å². The zero-order valence-corrected chi connectivity index (χ0v) is 19.4. The minimum Gasteiger partial charge on any atom is -0.507 e. The molecule has 0 fully saturated rings. The molecule has 0 aromatic heterocycles. The molecule has 0 aliphatic heterocycles. The summed E-state index contributed by atoms with van der Waals surface area (Å²) in [6.07, 6.45) is 3.06. The van der Waals surface area contributed by atoms with Crippen LogP contribution in [0.4, 0.5) is 0 Å². The summed E-state index contributed by atoms with van der Waals surface area (Å²) in [5.74, 6) is 1.26. The molecule has 0 unspecified atom stereocenters. The van der Waals surface area contributed by atoms with E-state index in [1.807, 2.05) is 72.8 Å². The van der Waals surface area contributed by atoms with Gasteiger partial charge >= 0.3 is 0 Å². The summed E-state index contributed by atoms with van der Waals surface area (Å²) in [5.41, 5.74) is 2.99. The molecule has 4 rings (SSSR count). The van der Waals surface area contributed by atoms with E-state index < -0.39 is 0 Å². The maximum absolute atomic E-state index is 12.7. The van der Waals surface area contributed by atoms with E-state index in [4.69, 9.17) is 14.2 Å². The third-order valence-electron chi connectivity index (χ3n) is 5.35. The lowest BCUT2D eigenvalue weighted by Gasteiger charge is -2.10. The molecular weight excluding hydrogens is 440 g/mol. The van der Waals surface area contributed by atoms with Crippen LogP contribution in [0.3, 0.4) is 0 Å². The lowest BCUT2D eigenvalue weighted by atomic mass is 10.1. The molecule has 176 valence electrons. The van der Waals surface area contributed by atoms with Gasteiger partial charge < -0.3 is 19.3 Å². The van der Waals surface area contributed by atoms with Crippen molar-refractivity contribution in [2.24, 2.45) is 0 Å². The molecule has 4 aromatic carbocycles. The van der Waals surface area contributed by atoms with Crippen molar-refractivity contribution in [3.8, 4) is 23.0 Å². The number of phenols is 1. The predicted octanol–water partition coefficient (Wildman–Crippen LogP) is 6.45. The van der Waals surface area contributed by atoms with Gasteiger partial charge in [0, 0.05) is 17.7 Å². The molecular formula is C30H26O5. The van der Waals surface area contributed by atoms with Crippen molar-refractivity contribution in [1.29, 1.82) is 0 Å². The van der Waals surface area contributed by atoms with Gasteiger partial charge in [0.25, 0.3) is 0 Å². The van der Waals surface area contributed by atoms with Crippen LogP contribution in [0, 0.1) is 0 Å². The van der Waals surface area contributed by atoms with Crippen LogP contribution in [0.2, 0.25) is 0 Å². The van der Waals surface area contributed by atoms with Crippen LogP contribution in [-0.4, -0.2) is 18.0 Å². The molecule has 0 radical (unpaired) electrons. The second kappa shape index (κ2) is 11.6. The van der Waals surface area contributed by atoms with Gasteiger partial charge in [-0.1, -0.05) is 60.7 Å². The Labute approximate surface area is 204 Å². The fourth-order valence-electron chi connectivity index (χ4n) is 3.47. The van der Waals surface area contributed by atoms with Gasteiger partial charge in [0.05, 0.1) is 12.7 Å². The number of carbonyl (C=O) groups excluding carboxylic acids is 1. The van der Waals surface area contributed by atoms with Crippen molar-refractivity contribution in [2.45, 2.75) is 13.2 Å². The number of methoxy groups -OCH3 is 1. The van der Waals surface area contributed by atoms with Gasteiger partial charge in [-0.25, -0.2) is 0 Å². The van der Waals surface area contributed by atoms with Gasteiger partial charge in [-0.2, -0.15) is 0 Å². The first-order valence-corrected chi connectivity index (χ1v) is 11.2. The Balaban J connectivity index is 1.40. The number of rotatable bonds is 10. The molecule has 0 saturated heterocycles. The van der Waals surface area contributed by atoms with Crippen molar-refractivity contribution < 1.29 is 24.1 Å². The fraction of sp³-hybridized carbons (Fsp3) is 0.100. The molecule has 5 nitrogen and oxygen atoms in total. The summed E-state index contributed by atoms with van der Waals surface area (Å²) in [4.78, 5) is 12.7. The van der Waals surface area contributed by atoms with E-state index in [-0.39, 0.29) is 17.1 Å². The molecule has 0 atom stereocenters. The zero-order valence-electron chi connectivity index (χ0n) is 19.4. The molecule has 1 N–H and O–H groups in total. The van der Waals surface area contributed by atoms with Crippen molar-refractivity contribution in [3.05, 3.63) is 125 Å². The van der Waals surface area contributed by atoms with Crippen LogP contribution in [0.5, 0.6) is 23.0 Å². The summed E-state index contributed by atoms with van der Waals surface area (Å²) >= 11 is 0. The van der Waals surface area contributed by atoms with E-state index in [9.17, 15) is 9.90 Å². The van der Waals surface area contributed by atoms with Crippen molar-refractivity contribution >= 4 is 11.9 Å². The van der Waals surface area contributed by atoms with Crippen LogP contribution in [0.1, 0.15) is 27.0 Å². The van der Waals surface area contributed by atoms with Gasteiger partial charge in [-0.05, 0) is 47.5 Å². The summed E-state index contributed by atoms with van der Waals surface area (Å²) < 4.78 is 17.0.